The Morgan fingerprint density at radius 2 is 1.31 bits per heavy atom. The van der Waals surface area contributed by atoms with Gasteiger partial charge < -0.3 is 5.11 Å². The van der Waals surface area contributed by atoms with Crippen LogP contribution in [0.5, 0.6) is 0 Å². The van der Waals surface area contributed by atoms with E-state index in [0.717, 1.165) is 12.8 Å². The quantitative estimate of drug-likeness (QED) is 0.715. The molecule has 0 aliphatic rings. The summed E-state index contributed by atoms with van der Waals surface area (Å²) < 4.78 is 0. The SMILES string of the molecule is CC(C)(C)C(CCCO)C(C)(C)C. The molecule has 0 fully saturated rings. The summed E-state index contributed by atoms with van der Waals surface area (Å²) in [6.07, 6.45) is 2.06. The summed E-state index contributed by atoms with van der Waals surface area (Å²) in [4.78, 5) is 0. The molecule has 0 rings (SSSR count). The van der Waals surface area contributed by atoms with Crippen molar-refractivity contribution < 1.29 is 5.11 Å². The highest BCUT2D eigenvalue weighted by atomic mass is 16.2. The van der Waals surface area contributed by atoms with Crippen molar-refractivity contribution >= 4 is 0 Å². The van der Waals surface area contributed by atoms with Crippen molar-refractivity contribution in [1.82, 2.24) is 0 Å². The Balaban J connectivity index is 4.39. The maximum atomic E-state index is 8.85. The van der Waals surface area contributed by atoms with Gasteiger partial charge in [0.15, 0.2) is 0 Å². The first-order chi connectivity index (χ1) is 5.69. The topological polar surface area (TPSA) is 20.2 Å². The molecule has 1 N–H and O–H groups in total. The maximum absolute atomic E-state index is 8.85. The minimum absolute atomic E-state index is 0.322. The van der Waals surface area contributed by atoms with Crippen LogP contribution in [0.25, 0.3) is 0 Å². The van der Waals surface area contributed by atoms with Gasteiger partial charge in [-0.25, -0.2) is 0 Å². The molecule has 1 heteroatoms. The zero-order chi connectivity index (χ0) is 10.7. The highest BCUT2D eigenvalue weighted by Crippen LogP contribution is 2.42. The van der Waals surface area contributed by atoms with Crippen molar-refractivity contribution in [2.45, 2.75) is 54.4 Å². The largest absolute Gasteiger partial charge is 0.396 e. The molecule has 0 bridgehead atoms. The van der Waals surface area contributed by atoms with E-state index in [9.17, 15) is 0 Å². The molecule has 0 spiro atoms. The zero-order valence-corrected chi connectivity index (χ0v) is 10.1. The lowest BCUT2D eigenvalue weighted by atomic mass is 9.65. The van der Waals surface area contributed by atoms with E-state index in [4.69, 9.17) is 5.11 Å². The number of aliphatic hydroxyl groups excluding tert-OH is 1. The summed E-state index contributed by atoms with van der Waals surface area (Å²) in [5, 5.41) is 8.85. The van der Waals surface area contributed by atoms with Crippen LogP contribution in [0, 0.1) is 16.7 Å². The van der Waals surface area contributed by atoms with Crippen LogP contribution in [-0.4, -0.2) is 11.7 Å². The van der Waals surface area contributed by atoms with Gasteiger partial charge in [0.05, 0.1) is 0 Å². The first-order valence-corrected chi connectivity index (χ1v) is 5.30. The molecule has 0 saturated carbocycles. The van der Waals surface area contributed by atoms with E-state index in [1.165, 1.54) is 0 Å². The van der Waals surface area contributed by atoms with Crippen LogP contribution < -0.4 is 0 Å². The number of hydrogen-bond donors (Lipinski definition) is 1. The molecule has 0 radical (unpaired) electrons. The molecule has 13 heavy (non-hydrogen) atoms. The molecular weight excluding hydrogens is 160 g/mol. The number of rotatable bonds is 3. The lowest BCUT2D eigenvalue weighted by Gasteiger charge is -2.41. The smallest absolute Gasteiger partial charge is 0.0431 e. The van der Waals surface area contributed by atoms with Crippen molar-refractivity contribution in [3.05, 3.63) is 0 Å². The van der Waals surface area contributed by atoms with E-state index in [-0.39, 0.29) is 0 Å². The third kappa shape index (κ3) is 4.66. The van der Waals surface area contributed by atoms with Gasteiger partial charge in [-0.3, -0.25) is 0 Å². The summed E-state index contributed by atoms with van der Waals surface area (Å²) in [7, 11) is 0. The summed E-state index contributed by atoms with van der Waals surface area (Å²) >= 11 is 0. The Labute approximate surface area is 83.5 Å². The first kappa shape index (κ1) is 13.0. The Morgan fingerprint density at radius 1 is 0.923 bits per heavy atom. The van der Waals surface area contributed by atoms with E-state index >= 15 is 0 Å². The van der Waals surface area contributed by atoms with Gasteiger partial charge in [-0.05, 0) is 29.6 Å². The van der Waals surface area contributed by atoms with Crippen molar-refractivity contribution in [2.75, 3.05) is 6.61 Å². The molecular formula is C12H26O. The molecule has 0 aromatic rings. The van der Waals surface area contributed by atoms with E-state index in [1.54, 1.807) is 0 Å². The van der Waals surface area contributed by atoms with Crippen molar-refractivity contribution in [3.8, 4) is 0 Å². The Bertz CT molecular complexity index is 122. The van der Waals surface area contributed by atoms with E-state index < -0.39 is 0 Å². The number of aliphatic hydroxyl groups is 1. The fourth-order valence-electron chi connectivity index (χ4n) is 2.46. The van der Waals surface area contributed by atoms with E-state index in [1.807, 2.05) is 0 Å². The highest BCUT2D eigenvalue weighted by molar-refractivity contribution is 4.83. The van der Waals surface area contributed by atoms with Crippen molar-refractivity contribution in [3.63, 3.8) is 0 Å². The van der Waals surface area contributed by atoms with Crippen LogP contribution in [0.3, 0.4) is 0 Å². The number of hydrogen-bond acceptors (Lipinski definition) is 1. The fourth-order valence-corrected chi connectivity index (χ4v) is 2.46. The molecule has 1 nitrogen and oxygen atoms in total. The first-order valence-electron chi connectivity index (χ1n) is 5.30. The summed E-state index contributed by atoms with van der Waals surface area (Å²) in [5.74, 6) is 0.673. The minimum Gasteiger partial charge on any atom is -0.396 e. The zero-order valence-electron chi connectivity index (χ0n) is 10.1. The third-order valence-corrected chi connectivity index (χ3v) is 2.74. The molecule has 0 aromatic heterocycles. The van der Waals surface area contributed by atoms with Gasteiger partial charge in [0.1, 0.15) is 0 Å². The second kappa shape index (κ2) is 4.45. The summed E-state index contributed by atoms with van der Waals surface area (Å²) in [5.41, 5.74) is 0.681. The molecule has 80 valence electrons. The van der Waals surface area contributed by atoms with Gasteiger partial charge in [-0.2, -0.15) is 0 Å². The van der Waals surface area contributed by atoms with E-state index in [0.29, 0.717) is 23.4 Å². The van der Waals surface area contributed by atoms with Crippen molar-refractivity contribution in [1.29, 1.82) is 0 Å². The van der Waals surface area contributed by atoms with Gasteiger partial charge >= 0.3 is 0 Å². The molecule has 0 saturated heterocycles. The maximum Gasteiger partial charge on any atom is 0.0431 e. The second-order valence-corrected chi connectivity index (χ2v) is 6.15. The molecule has 0 unspecified atom stereocenters. The third-order valence-electron chi connectivity index (χ3n) is 2.74. The fraction of sp³-hybridized carbons (Fsp3) is 1.00. The van der Waals surface area contributed by atoms with Crippen LogP contribution in [0.2, 0.25) is 0 Å². The lowest BCUT2D eigenvalue weighted by molar-refractivity contribution is 0.0845. The van der Waals surface area contributed by atoms with E-state index in [2.05, 4.69) is 41.5 Å². The van der Waals surface area contributed by atoms with Crippen LogP contribution >= 0.6 is 0 Å². The Hall–Kier alpha value is -0.0400. The summed E-state index contributed by atoms with van der Waals surface area (Å²) in [6, 6.07) is 0. The Kier molecular flexibility index (Phi) is 4.44. The molecule has 0 aromatic carbocycles. The van der Waals surface area contributed by atoms with Gasteiger partial charge in [0.25, 0.3) is 0 Å². The monoisotopic (exact) mass is 186 g/mol. The molecule has 0 heterocycles. The van der Waals surface area contributed by atoms with Crippen molar-refractivity contribution in [2.24, 2.45) is 16.7 Å². The average molecular weight is 186 g/mol. The average Bonchev–Trinajstić information content (AvgIpc) is 1.81. The molecule has 0 aliphatic heterocycles. The highest BCUT2D eigenvalue weighted by Gasteiger charge is 2.33. The van der Waals surface area contributed by atoms with Gasteiger partial charge in [-0.1, -0.05) is 41.5 Å². The molecule has 0 amide bonds. The van der Waals surface area contributed by atoms with Crippen LogP contribution in [0.15, 0.2) is 0 Å². The normalized spacial score (nSPS) is 13.8. The Morgan fingerprint density at radius 3 is 1.54 bits per heavy atom. The van der Waals surface area contributed by atoms with Gasteiger partial charge in [0, 0.05) is 6.61 Å². The predicted octanol–water partition coefficient (Wildman–Crippen LogP) is 3.47. The molecule has 0 atom stereocenters. The summed E-state index contributed by atoms with van der Waals surface area (Å²) in [6.45, 7) is 14.1. The van der Waals surface area contributed by atoms with Crippen LogP contribution in [0.1, 0.15) is 54.4 Å². The minimum atomic E-state index is 0.322. The van der Waals surface area contributed by atoms with Crippen LogP contribution in [-0.2, 0) is 0 Å². The second-order valence-electron chi connectivity index (χ2n) is 6.15. The lowest BCUT2D eigenvalue weighted by Crippen LogP contribution is -2.32. The molecule has 0 aliphatic carbocycles. The van der Waals surface area contributed by atoms with Gasteiger partial charge in [-0.15, -0.1) is 0 Å². The predicted molar refractivity (Wildman–Crippen MR) is 58.7 cm³/mol. The van der Waals surface area contributed by atoms with Gasteiger partial charge in [0.2, 0.25) is 0 Å². The van der Waals surface area contributed by atoms with Crippen LogP contribution in [0.4, 0.5) is 0 Å². The standard InChI is InChI=1S/C12H26O/c1-11(2,3)10(8-7-9-13)12(4,5)6/h10,13H,7-9H2,1-6H3.